The standard InChI is InChI=1S/C44H44N4/c1-42(2)19-22-7-12-27(42)39-30-15-25-10-11-26(45-25)16-31-40-28-13-8-23(20-43(28,3)4)37(40)34(47-31)18-35-41-29-14-9-24(21-44(29,5)6)38(41)33(48-35)17-32(46-30)36(22)39/h7-18,22-24,27-29,45-46H,19-21H2,1-6H3. The van der Waals surface area contributed by atoms with E-state index in [1.807, 2.05) is 0 Å². The summed E-state index contributed by atoms with van der Waals surface area (Å²) in [6, 6.07) is 13.9. The van der Waals surface area contributed by atoms with E-state index in [9.17, 15) is 0 Å². The van der Waals surface area contributed by atoms with Gasteiger partial charge in [-0.1, -0.05) is 78.0 Å². The van der Waals surface area contributed by atoms with E-state index in [1.165, 1.54) is 57.3 Å². The molecule has 240 valence electrons. The molecule has 4 nitrogen and oxygen atoms in total. The van der Waals surface area contributed by atoms with Crippen LogP contribution in [-0.4, -0.2) is 19.9 Å². The van der Waals surface area contributed by atoms with Gasteiger partial charge in [-0.15, -0.1) is 0 Å². The van der Waals surface area contributed by atoms with Crippen LogP contribution in [0.3, 0.4) is 0 Å². The van der Waals surface area contributed by atoms with Crippen LogP contribution < -0.4 is 0 Å². The van der Waals surface area contributed by atoms with Crippen LogP contribution in [0.15, 0.2) is 72.9 Å². The third-order valence-corrected chi connectivity index (χ3v) is 13.6. The molecule has 0 fully saturated rings. The van der Waals surface area contributed by atoms with E-state index in [0.29, 0.717) is 35.5 Å². The average molecular weight is 629 g/mol. The number of allylic oxidation sites excluding steroid dienone is 10. The Hall–Kier alpha value is -4.18. The molecule has 2 N–H and O–H groups in total. The highest BCUT2D eigenvalue weighted by Crippen LogP contribution is 2.62. The highest BCUT2D eigenvalue weighted by molar-refractivity contribution is 6.01. The molecule has 3 aromatic heterocycles. The molecule has 0 radical (unpaired) electrons. The maximum absolute atomic E-state index is 5.61. The fourth-order valence-corrected chi connectivity index (χ4v) is 11.5. The van der Waals surface area contributed by atoms with Gasteiger partial charge in [-0.2, -0.15) is 0 Å². The molecule has 9 aliphatic carbocycles. The van der Waals surface area contributed by atoms with Crippen LogP contribution in [0.5, 0.6) is 0 Å². The number of aromatic amines is 2. The first-order valence-electron chi connectivity index (χ1n) is 18.2. The second kappa shape index (κ2) is 8.69. The molecule has 0 saturated heterocycles. The van der Waals surface area contributed by atoms with Crippen LogP contribution in [0.1, 0.15) is 107 Å². The summed E-state index contributed by atoms with van der Waals surface area (Å²) < 4.78 is 0. The zero-order valence-electron chi connectivity index (χ0n) is 28.9. The number of nitrogens with zero attached hydrogens (tertiary/aromatic N) is 2. The van der Waals surface area contributed by atoms with Gasteiger partial charge in [0.15, 0.2) is 0 Å². The van der Waals surface area contributed by atoms with Crippen LogP contribution in [0.2, 0.25) is 0 Å². The number of nitrogens with one attached hydrogen (secondary N) is 2. The van der Waals surface area contributed by atoms with Crippen LogP contribution in [0.25, 0.3) is 44.4 Å². The SMILES string of the molecule is CC1(C)CC2C=CC1C1=C2c2cc3[nH]c(cc4ccc(cc5nc(cc1n2)C1=C5C2C=CC1CC2(C)C)[nH]4)c1c3C2C=CC1C(C)(C)C2. The minimum atomic E-state index is 0.194. The van der Waals surface area contributed by atoms with Crippen molar-refractivity contribution >= 4 is 44.4 Å². The summed E-state index contributed by atoms with van der Waals surface area (Å²) in [6.07, 6.45) is 18.3. The Morgan fingerprint density at radius 1 is 0.479 bits per heavy atom. The van der Waals surface area contributed by atoms with Gasteiger partial charge in [-0.05, 0) is 105 Å². The van der Waals surface area contributed by atoms with Gasteiger partial charge < -0.3 is 9.97 Å². The highest BCUT2D eigenvalue weighted by atomic mass is 14.8. The monoisotopic (exact) mass is 628 g/mol. The molecule has 6 atom stereocenters. The molecule has 48 heavy (non-hydrogen) atoms. The van der Waals surface area contributed by atoms with Crippen molar-refractivity contribution in [2.75, 3.05) is 0 Å². The first-order chi connectivity index (χ1) is 22.9. The second-order valence-electron chi connectivity index (χ2n) is 18.1. The topological polar surface area (TPSA) is 57.4 Å². The molecule has 4 heteroatoms. The Bertz CT molecular complexity index is 2340. The van der Waals surface area contributed by atoms with Crippen molar-refractivity contribution in [2.24, 2.45) is 39.9 Å². The second-order valence-corrected chi connectivity index (χ2v) is 18.1. The molecule has 3 aromatic rings. The summed E-state index contributed by atoms with van der Waals surface area (Å²) in [4.78, 5) is 18.9. The smallest absolute Gasteiger partial charge is 0.0700 e. The number of hydrogen-bond acceptors (Lipinski definition) is 2. The highest BCUT2D eigenvalue weighted by Gasteiger charge is 2.49. The van der Waals surface area contributed by atoms with E-state index >= 15 is 0 Å². The van der Waals surface area contributed by atoms with Crippen molar-refractivity contribution in [1.82, 2.24) is 19.9 Å². The van der Waals surface area contributed by atoms with Gasteiger partial charge in [0.1, 0.15) is 0 Å². The summed E-state index contributed by atoms with van der Waals surface area (Å²) in [5, 5.41) is 0. The Kier molecular flexibility index (Phi) is 5.02. The van der Waals surface area contributed by atoms with Gasteiger partial charge in [-0.3, -0.25) is 0 Å². The average Bonchev–Trinajstić information content (AvgIpc) is 3.79. The van der Waals surface area contributed by atoms with Gasteiger partial charge in [0.05, 0.1) is 22.8 Å². The first-order valence-corrected chi connectivity index (χ1v) is 18.2. The quantitative estimate of drug-likeness (QED) is 0.243. The molecule has 0 aromatic carbocycles. The minimum Gasteiger partial charge on any atom is -0.355 e. The number of H-pyrrole nitrogens is 2. The largest absolute Gasteiger partial charge is 0.355 e. The summed E-state index contributed by atoms with van der Waals surface area (Å²) in [7, 11) is 0. The van der Waals surface area contributed by atoms with Gasteiger partial charge in [-0.25, -0.2) is 9.97 Å². The lowest BCUT2D eigenvalue weighted by Crippen LogP contribution is -2.34. The number of rotatable bonds is 0. The van der Waals surface area contributed by atoms with E-state index in [-0.39, 0.29) is 16.2 Å². The van der Waals surface area contributed by atoms with E-state index in [1.54, 1.807) is 0 Å². The van der Waals surface area contributed by atoms with Crippen molar-refractivity contribution in [3.8, 4) is 0 Å². The normalized spacial score (nSPS) is 31.8. The molecule has 14 rings (SSSR count). The molecule has 0 amide bonds. The van der Waals surface area contributed by atoms with Crippen molar-refractivity contribution in [3.63, 3.8) is 0 Å². The molecule has 0 saturated carbocycles. The Morgan fingerprint density at radius 3 is 1.58 bits per heavy atom. The van der Waals surface area contributed by atoms with E-state index in [4.69, 9.17) is 9.97 Å². The number of fused-ring (bicyclic) bond motifs is 11. The minimum absolute atomic E-state index is 0.194. The summed E-state index contributed by atoms with van der Waals surface area (Å²) in [6.45, 7) is 14.7. The first kappa shape index (κ1) is 27.7. The summed E-state index contributed by atoms with van der Waals surface area (Å²) in [5.41, 5.74) is 18.5. The van der Waals surface area contributed by atoms with Gasteiger partial charge in [0.2, 0.25) is 0 Å². The Labute approximate surface area is 282 Å². The molecule has 14 bridgehead atoms. The molecule has 11 aliphatic rings. The third kappa shape index (κ3) is 3.51. The predicted molar refractivity (Wildman–Crippen MR) is 197 cm³/mol. The van der Waals surface area contributed by atoms with Crippen LogP contribution >= 0.6 is 0 Å². The zero-order valence-corrected chi connectivity index (χ0v) is 28.9. The molecule has 2 aliphatic heterocycles. The van der Waals surface area contributed by atoms with Gasteiger partial charge in [0.25, 0.3) is 0 Å². The van der Waals surface area contributed by atoms with E-state index in [0.717, 1.165) is 40.2 Å². The lowest BCUT2D eigenvalue weighted by Gasteiger charge is -2.45. The van der Waals surface area contributed by atoms with Crippen molar-refractivity contribution in [3.05, 3.63) is 107 Å². The Balaban J connectivity index is 1.26. The number of aromatic nitrogens is 4. The molecule has 6 unspecified atom stereocenters. The summed E-state index contributed by atoms with van der Waals surface area (Å²) in [5.74, 6) is 2.29. The summed E-state index contributed by atoms with van der Waals surface area (Å²) >= 11 is 0. The molecule has 5 heterocycles. The van der Waals surface area contributed by atoms with Gasteiger partial charge in [0, 0.05) is 57.6 Å². The van der Waals surface area contributed by atoms with E-state index in [2.05, 4.69) is 124 Å². The third-order valence-electron chi connectivity index (χ3n) is 13.6. The van der Waals surface area contributed by atoms with Crippen LogP contribution in [0.4, 0.5) is 0 Å². The fraction of sp³-hybridized carbons (Fsp3) is 0.409. The molecule has 0 spiro atoms. The van der Waals surface area contributed by atoms with Crippen molar-refractivity contribution in [2.45, 2.75) is 72.6 Å². The van der Waals surface area contributed by atoms with E-state index < -0.39 is 0 Å². The zero-order chi connectivity index (χ0) is 32.5. The van der Waals surface area contributed by atoms with Crippen LogP contribution in [-0.2, 0) is 0 Å². The lowest BCUT2D eigenvalue weighted by atomic mass is 9.58. The maximum atomic E-state index is 5.61. The number of hydrogen-bond donors (Lipinski definition) is 2. The fourth-order valence-electron chi connectivity index (χ4n) is 11.5. The van der Waals surface area contributed by atoms with Gasteiger partial charge >= 0.3 is 0 Å². The molecular formula is C44H44N4. The lowest BCUT2D eigenvalue weighted by molar-refractivity contribution is 0.243. The molecular weight excluding hydrogens is 585 g/mol. The predicted octanol–water partition coefficient (Wildman–Crippen LogP) is 10.8. The van der Waals surface area contributed by atoms with Crippen molar-refractivity contribution in [1.29, 1.82) is 0 Å². The maximum Gasteiger partial charge on any atom is 0.0700 e. The van der Waals surface area contributed by atoms with Crippen LogP contribution in [0, 0.1) is 39.9 Å². The Morgan fingerprint density at radius 2 is 0.958 bits per heavy atom. The van der Waals surface area contributed by atoms with Crippen molar-refractivity contribution < 1.29 is 0 Å².